The Bertz CT molecular complexity index is 273. The lowest BCUT2D eigenvalue weighted by molar-refractivity contribution is -0.123. The molecule has 0 rings (SSSR count). The molecule has 0 aliphatic rings. The molecule has 0 unspecified atom stereocenters. The maximum atomic E-state index is 11.4. The number of nitrogens with one attached hydrogen (secondary N) is 3. The van der Waals surface area contributed by atoms with E-state index in [4.69, 9.17) is 4.74 Å². The van der Waals surface area contributed by atoms with Crippen LogP contribution in [0.5, 0.6) is 0 Å². The van der Waals surface area contributed by atoms with Crippen LogP contribution in [0.4, 0.5) is 0 Å². The highest BCUT2D eigenvalue weighted by Crippen LogP contribution is 1.89. The summed E-state index contributed by atoms with van der Waals surface area (Å²) in [4.78, 5) is 15.8. The van der Waals surface area contributed by atoms with E-state index >= 15 is 0 Å². The largest absolute Gasteiger partial charge is 0.385 e. The van der Waals surface area contributed by atoms with Gasteiger partial charge in [-0.2, -0.15) is 0 Å². The molecule has 0 atom stereocenters. The first-order valence-corrected chi connectivity index (χ1v) is 6.90. The minimum Gasteiger partial charge on any atom is -0.385 e. The van der Waals surface area contributed by atoms with Gasteiger partial charge in [-0.15, -0.1) is 24.0 Å². The molecule has 0 heterocycles. The Morgan fingerprint density at radius 2 is 1.85 bits per heavy atom. The Labute approximate surface area is 139 Å². The highest BCUT2D eigenvalue weighted by Gasteiger charge is 2.04. The molecule has 0 aliphatic carbocycles. The highest BCUT2D eigenvalue weighted by molar-refractivity contribution is 14.0. The lowest BCUT2D eigenvalue weighted by atomic mass is 10.2. The number of hydrogen-bond donors (Lipinski definition) is 3. The standard InChI is InChI=1S/C13H28N4O2.HI/c1-5-14-13(16-7-6-10-19-4)17-9-8-15-12(18)11(2)3;/h11H,5-10H2,1-4H3,(H,15,18)(H2,14,16,17);1H. The van der Waals surface area contributed by atoms with Crippen LogP contribution in [-0.4, -0.2) is 51.8 Å². The third-order valence-corrected chi connectivity index (χ3v) is 2.36. The third kappa shape index (κ3) is 12.5. The highest BCUT2D eigenvalue weighted by atomic mass is 127. The summed E-state index contributed by atoms with van der Waals surface area (Å²) in [5, 5.41) is 9.18. The SMILES string of the molecule is CCNC(=NCCCOC)NCCNC(=O)C(C)C.I. The van der Waals surface area contributed by atoms with Gasteiger partial charge in [0, 0.05) is 45.8 Å². The van der Waals surface area contributed by atoms with Crippen LogP contribution in [-0.2, 0) is 9.53 Å². The Morgan fingerprint density at radius 3 is 2.40 bits per heavy atom. The first-order chi connectivity index (χ1) is 9.11. The predicted octanol–water partition coefficient (Wildman–Crippen LogP) is 0.968. The van der Waals surface area contributed by atoms with Crippen molar-refractivity contribution in [3.63, 3.8) is 0 Å². The van der Waals surface area contributed by atoms with Gasteiger partial charge in [0.05, 0.1) is 0 Å². The van der Waals surface area contributed by atoms with Crippen LogP contribution in [0.2, 0.25) is 0 Å². The maximum absolute atomic E-state index is 11.4. The molecule has 0 bridgehead atoms. The summed E-state index contributed by atoms with van der Waals surface area (Å²) >= 11 is 0. The van der Waals surface area contributed by atoms with Gasteiger partial charge in [-0.1, -0.05) is 13.8 Å². The van der Waals surface area contributed by atoms with Crippen molar-refractivity contribution in [2.45, 2.75) is 27.2 Å². The molecule has 0 aromatic heterocycles. The van der Waals surface area contributed by atoms with Gasteiger partial charge in [-0.05, 0) is 13.3 Å². The van der Waals surface area contributed by atoms with Crippen LogP contribution in [0, 0.1) is 5.92 Å². The molecule has 0 radical (unpaired) electrons. The maximum Gasteiger partial charge on any atom is 0.222 e. The van der Waals surface area contributed by atoms with Crippen molar-refractivity contribution in [1.29, 1.82) is 0 Å². The predicted molar refractivity (Wildman–Crippen MR) is 93.7 cm³/mol. The second kappa shape index (κ2) is 14.8. The molecule has 0 aromatic rings. The lowest BCUT2D eigenvalue weighted by Crippen LogP contribution is -2.42. The number of nitrogens with zero attached hydrogens (tertiary/aromatic N) is 1. The zero-order valence-corrected chi connectivity index (χ0v) is 15.3. The Hall–Kier alpha value is -0.570. The van der Waals surface area contributed by atoms with Crippen LogP contribution in [0.15, 0.2) is 4.99 Å². The summed E-state index contributed by atoms with van der Waals surface area (Å²) in [6.45, 7) is 9.29. The van der Waals surface area contributed by atoms with E-state index in [1.807, 2.05) is 20.8 Å². The number of guanidine groups is 1. The third-order valence-electron chi connectivity index (χ3n) is 2.36. The number of carbonyl (C=O) groups is 1. The summed E-state index contributed by atoms with van der Waals surface area (Å²) in [5.74, 6) is 0.872. The van der Waals surface area contributed by atoms with Crippen molar-refractivity contribution in [1.82, 2.24) is 16.0 Å². The van der Waals surface area contributed by atoms with Crippen LogP contribution >= 0.6 is 24.0 Å². The number of methoxy groups -OCH3 is 1. The molecule has 0 aromatic carbocycles. The minimum atomic E-state index is 0. The molecule has 120 valence electrons. The van der Waals surface area contributed by atoms with E-state index in [1.54, 1.807) is 7.11 Å². The van der Waals surface area contributed by atoms with E-state index in [2.05, 4.69) is 20.9 Å². The number of rotatable bonds is 9. The molecular weight excluding hydrogens is 371 g/mol. The van der Waals surface area contributed by atoms with Gasteiger partial charge < -0.3 is 20.7 Å². The monoisotopic (exact) mass is 400 g/mol. The fourth-order valence-corrected chi connectivity index (χ4v) is 1.31. The number of hydrogen-bond acceptors (Lipinski definition) is 3. The molecule has 0 aliphatic heterocycles. The van der Waals surface area contributed by atoms with Crippen molar-refractivity contribution < 1.29 is 9.53 Å². The van der Waals surface area contributed by atoms with Gasteiger partial charge in [-0.25, -0.2) is 0 Å². The number of halogens is 1. The van der Waals surface area contributed by atoms with Crippen molar-refractivity contribution in [3.05, 3.63) is 0 Å². The second-order valence-electron chi connectivity index (χ2n) is 4.48. The van der Waals surface area contributed by atoms with Crippen molar-refractivity contribution >= 4 is 35.8 Å². The minimum absolute atomic E-state index is 0. The normalized spacial score (nSPS) is 10.9. The van der Waals surface area contributed by atoms with Crippen molar-refractivity contribution in [2.75, 3.05) is 39.9 Å². The van der Waals surface area contributed by atoms with E-state index in [0.717, 1.165) is 25.5 Å². The molecule has 0 saturated carbocycles. The van der Waals surface area contributed by atoms with Crippen LogP contribution in [0.1, 0.15) is 27.2 Å². The van der Waals surface area contributed by atoms with Gasteiger partial charge in [0.25, 0.3) is 0 Å². The zero-order valence-electron chi connectivity index (χ0n) is 13.0. The van der Waals surface area contributed by atoms with Crippen LogP contribution in [0.3, 0.4) is 0 Å². The number of carbonyl (C=O) groups excluding carboxylic acids is 1. The van der Waals surface area contributed by atoms with Gasteiger partial charge in [0.1, 0.15) is 0 Å². The first-order valence-electron chi connectivity index (χ1n) is 6.90. The average Bonchev–Trinajstić information content (AvgIpc) is 2.38. The summed E-state index contributed by atoms with van der Waals surface area (Å²) < 4.78 is 4.97. The van der Waals surface area contributed by atoms with E-state index in [-0.39, 0.29) is 35.8 Å². The van der Waals surface area contributed by atoms with E-state index in [9.17, 15) is 4.79 Å². The first kappa shape index (κ1) is 21.7. The molecule has 0 fully saturated rings. The Morgan fingerprint density at radius 1 is 1.20 bits per heavy atom. The fraction of sp³-hybridized carbons (Fsp3) is 0.846. The molecule has 7 heteroatoms. The van der Waals surface area contributed by atoms with Crippen molar-refractivity contribution in [2.24, 2.45) is 10.9 Å². The number of amides is 1. The fourth-order valence-electron chi connectivity index (χ4n) is 1.31. The van der Waals surface area contributed by atoms with Crippen molar-refractivity contribution in [3.8, 4) is 0 Å². The average molecular weight is 400 g/mol. The molecule has 1 amide bonds. The zero-order chi connectivity index (χ0) is 14.5. The Kier molecular flexibility index (Phi) is 16.1. The van der Waals surface area contributed by atoms with Crippen LogP contribution in [0.25, 0.3) is 0 Å². The van der Waals surface area contributed by atoms with Gasteiger partial charge in [-0.3, -0.25) is 9.79 Å². The Balaban J connectivity index is 0. The van der Waals surface area contributed by atoms with E-state index in [0.29, 0.717) is 19.7 Å². The lowest BCUT2D eigenvalue weighted by Gasteiger charge is -2.12. The van der Waals surface area contributed by atoms with Gasteiger partial charge >= 0.3 is 0 Å². The smallest absolute Gasteiger partial charge is 0.222 e. The molecule has 0 spiro atoms. The topological polar surface area (TPSA) is 74.8 Å². The summed E-state index contributed by atoms with van der Waals surface area (Å²) in [5.41, 5.74) is 0. The van der Waals surface area contributed by atoms with E-state index in [1.165, 1.54) is 0 Å². The molecule has 0 saturated heterocycles. The quantitative estimate of drug-likeness (QED) is 0.233. The molecular formula is C13H29IN4O2. The summed E-state index contributed by atoms with van der Waals surface area (Å²) in [7, 11) is 1.69. The molecule has 6 nitrogen and oxygen atoms in total. The summed E-state index contributed by atoms with van der Waals surface area (Å²) in [6, 6.07) is 0. The summed E-state index contributed by atoms with van der Waals surface area (Å²) in [6.07, 6.45) is 0.900. The van der Waals surface area contributed by atoms with E-state index < -0.39 is 0 Å². The van der Waals surface area contributed by atoms with Gasteiger partial charge in [0.15, 0.2) is 5.96 Å². The van der Waals surface area contributed by atoms with Crippen LogP contribution < -0.4 is 16.0 Å². The second-order valence-corrected chi connectivity index (χ2v) is 4.48. The van der Waals surface area contributed by atoms with Gasteiger partial charge in [0.2, 0.25) is 5.91 Å². The number of aliphatic imine (C=N–C) groups is 1. The molecule has 3 N–H and O–H groups in total. The molecule has 20 heavy (non-hydrogen) atoms. The number of ether oxygens (including phenoxy) is 1.